The van der Waals surface area contributed by atoms with Crippen LogP contribution in [0, 0.1) is 0 Å². The number of nitrogens with one attached hydrogen (secondary N) is 1. The molecule has 0 unspecified atom stereocenters. The fourth-order valence-electron chi connectivity index (χ4n) is 1.30. The summed E-state index contributed by atoms with van der Waals surface area (Å²) in [6.07, 6.45) is 2.38. The average molecular weight is 212 g/mol. The lowest BCUT2D eigenvalue weighted by molar-refractivity contribution is -0.122. The van der Waals surface area contributed by atoms with Crippen LogP contribution in [0.3, 0.4) is 0 Å². The summed E-state index contributed by atoms with van der Waals surface area (Å²) in [6, 6.07) is 0. The lowest BCUT2D eigenvalue weighted by Gasteiger charge is -2.25. The second kappa shape index (κ2) is 3.91. The maximum atomic E-state index is 11.1. The monoisotopic (exact) mass is 212 g/mol. The minimum Gasteiger partial charge on any atom is -0.273 e. The van der Waals surface area contributed by atoms with Crippen LogP contribution in [0.2, 0.25) is 0 Å². The van der Waals surface area contributed by atoms with Gasteiger partial charge in [0, 0.05) is 13.0 Å². The van der Waals surface area contributed by atoms with Gasteiger partial charge in [0.15, 0.2) is 0 Å². The molecular formula is C8H12N4OS. The van der Waals surface area contributed by atoms with Crippen molar-refractivity contribution >= 4 is 22.4 Å². The van der Waals surface area contributed by atoms with Gasteiger partial charge in [-0.3, -0.25) is 15.2 Å². The van der Waals surface area contributed by atoms with Crippen LogP contribution < -0.4 is 10.4 Å². The summed E-state index contributed by atoms with van der Waals surface area (Å²) in [7, 11) is 0. The maximum absolute atomic E-state index is 11.1. The van der Waals surface area contributed by atoms with E-state index in [0.29, 0.717) is 6.42 Å². The van der Waals surface area contributed by atoms with Crippen LogP contribution in [-0.4, -0.2) is 22.6 Å². The van der Waals surface area contributed by atoms with E-state index in [2.05, 4.69) is 15.6 Å². The molecule has 0 aromatic carbocycles. The molecule has 2 rings (SSSR count). The van der Waals surface area contributed by atoms with Crippen LogP contribution in [0.1, 0.15) is 24.8 Å². The molecule has 0 atom stereocenters. The van der Waals surface area contributed by atoms with Gasteiger partial charge in [-0.25, -0.2) is 0 Å². The number of aromatic nitrogens is 2. The fourth-order valence-corrected chi connectivity index (χ4v) is 2.07. The summed E-state index contributed by atoms with van der Waals surface area (Å²) in [5, 5.41) is 11.6. The number of hydrogen-bond acceptors (Lipinski definition) is 5. The summed E-state index contributed by atoms with van der Waals surface area (Å²) in [4.78, 5) is 11.1. The van der Waals surface area contributed by atoms with Gasteiger partial charge in [-0.15, -0.1) is 10.2 Å². The zero-order valence-electron chi connectivity index (χ0n) is 7.99. The van der Waals surface area contributed by atoms with Crippen LogP contribution in [0.5, 0.6) is 0 Å². The van der Waals surface area contributed by atoms with Crippen molar-refractivity contribution in [2.45, 2.75) is 26.2 Å². The Morgan fingerprint density at radius 2 is 2.43 bits per heavy atom. The third-order valence-electron chi connectivity index (χ3n) is 2.03. The lowest BCUT2D eigenvalue weighted by atomic mass is 10.2. The molecular weight excluding hydrogens is 200 g/mol. The number of hydrogen-bond donors (Lipinski definition) is 1. The SMILES string of the molecule is CCc1nnc(N2CCCC(=O)N2)s1. The van der Waals surface area contributed by atoms with Gasteiger partial charge in [0.2, 0.25) is 11.0 Å². The van der Waals surface area contributed by atoms with E-state index >= 15 is 0 Å². The van der Waals surface area contributed by atoms with E-state index in [9.17, 15) is 4.79 Å². The summed E-state index contributed by atoms with van der Waals surface area (Å²) in [5.74, 6) is 0.0597. The molecule has 76 valence electrons. The summed E-state index contributed by atoms with van der Waals surface area (Å²) in [6.45, 7) is 2.86. The lowest BCUT2D eigenvalue weighted by Crippen LogP contribution is -2.46. The van der Waals surface area contributed by atoms with E-state index in [0.717, 1.165) is 29.5 Å². The molecule has 1 aromatic rings. The molecule has 0 saturated carbocycles. The molecule has 0 aliphatic carbocycles. The Labute approximate surface area is 86.1 Å². The first kappa shape index (κ1) is 9.39. The zero-order valence-corrected chi connectivity index (χ0v) is 8.80. The van der Waals surface area contributed by atoms with Crippen LogP contribution in [0.25, 0.3) is 0 Å². The Morgan fingerprint density at radius 3 is 3.07 bits per heavy atom. The molecule has 1 aromatic heterocycles. The fraction of sp³-hybridized carbons (Fsp3) is 0.625. The smallest absolute Gasteiger partial charge is 0.238 e. The second-order valence-electron chi connectivity index (χ2n) is 3.12. The van der Waals surface area contributed by atoms with Crippen LogP contribution in [0.4, 0.5) is 5.13 Å². The van der Waals surface area contributed by atoms with E-state index in [1.165, 1.54) is 11.3 Å². The molecule has 1 N–H and O–H groups in total. The number of carbonyl (C=O) groups excluding carboxylic acids is 1. The zero-order chi connectivity index (χ0) is 9.97. The molecule has 6 heteroatoms. The quantitative estimate of drug-likeness (QED) is 0.785. The summed E-state index contributed by atoms with van der Waals surface area (Å²) < 4.78 is 0. The van der Waals surface area contributed by atoms with Gasteiger partial charge in [-0.1, -0.05) is 18.3 Å². The number of carbonyl (C=O) groups is 1. The first-order valence-corrected chi connectivity index (χ1v) is 5.50. The number of rotatable bonds is 2. The Balaban J connectivity index is 2.09. The molecule has 0 radical (unpaired) electrons. The highest BCUT2D eigenvalue weighted by molar-refractivity contribution is 7.15. The molecule has 0 bridgehead atoms. The number of hydrazine groups is 1. The molecule has 1 aliphatic heterocycles. The Hall–Kier alpha value is -1.17. The van der Waals surface area contributed by atoms with E-state index in [1.807, 2.05) is 6.92 Å². The predicted molar refractivity (Wildman–Crippen MR) is 54.0 cm³/mol. The average Bonchev–Trinajstić information content (AvgIpc) is 2.66. The Kier molecular flexibility index (Phi) is 2.62. The van der Waals surface area contributed by atoms with Gasteiger partial charge in [0.1, 0.15) is 5.01 Å². The standard InChI is InChI=1S/C8H12N4OS/c1-2-7-9-10-8(14-7)12-5-3-4-6(13)11-12/h2-5H2,1H3,(H,11,13). The van der Waals surface area contributed by atoms with E-state index in [4.69, 9.17) is 0 Å². The molecule has 5 nitrogen and oxygen atoms in total. The van der Waals surface area contributed by atoms with Crippen LogP contribution >= 0.6 is 11.3 Å². The van der Waals surface area contributed by atoms with Crippen molar-refractivity contribution in [3.05, 3.63) is 5.01 Å². The van der Waals surface area contributed by atoms with Crippen molar-refractivity contribution in [3.8, 4) is 0 Å². The van der Waals surface area contributed by atoms with Gasteiger partial charge < -0.3 is 0 Å². The van der Waals surface area contributed by atoms with E-state index in [-0.39, 0.29) is 5.91 Å². The Morgan fingerprint density at radius 1 is 1.57 bits per heavy atom. The van der Waals surface area contributed by atoms with Gasteiger partial charge >= 0.3 is 0 Å². The van der Waals surface area contributed by atoms with Crippen molar-refractivity contribution in [2.75, 3.05) is 11.6 Å². The van der Waals surface area contributed by atoms with Crippen LogP contribution in [-0.2, 0) is 11.2 Å². The van der Waals surface area contributed by atoms with Crippen molar-refractivity contribution < 1.29 is 4.79 Å². The predicted octanol–water partition coefficient (Wildman–Crippen LogP) is 0.732. The molecule has 0 spiro atoms. The molecule has 2 heterocycles. The number of amides is 1. The first-order valence-electron chi connectivity index (χ1n) is 4.69. The second-order valence-corrected chi connectivity index (χ2v) is 4.16. The molecule has 1 saturated heterocycles. The number of nitrogens with zero attached hydrogens (tertiary/aromatic N) is 3. The van der Waals surface area contributed by atoms with Crippen molar-refractivity contribution in [2.24, 2.45) is 0 Å². The highest BCUT2D eigenvalue weighted by atomic mass is 32.1. The minimum absolute atomic E-state index is 0.0597. The largest absolute Gasteiger partial charge is 0.273 e. The normalized spacial score (nSPS) is 16.9. The van der Waals surface area contributed by atoms with Gasteiger partial charge in [-0.2, -0.15) is 0 Å². The molecule has 1 fully saturated rings. The minimum atomic E-state index is 0.0597. The third-order valence-corrected chi connectivity index (χ3v) is 3.13. The van der Waals surface area contributed by atoms with E-state index < -0.39 is 0 Å². The summed E-state index contributed by atoms with van der Waals surface area (Å²) >= 11 is 1.53. The Bertz CT molecular complexity index is 338. The molecule has 1 aliphatic rings. The number of anilines is 1. The third kappa shape index (κ3) is 1.84. The van der Waals surface area contributed by atoms with Gasteiger partial charge in [0.05, 0.1) is 0 Å². The molecule has 14 heavy (non-hydrogen) atoms. The van der Waals surface area contributed by atoms with Crippen molar-refractivity contribution in [1.29, 1.82) is 0 Å². The molecule has 1 amide bonds. The van der Waals surface area contributed by atoms with Crippen LogP contribution in [0.15, 0.2) is 0 Å². The highest BCUT2D eigenvalue weighted by Gasteiger charge is 2.18. The van der Waals surface area contributed by atoms with E-state index in [1.54, 1.807) is 5.01 Å². The van der Waals surface area contributed by atoms with Crippen molar-refractivity contribution in [3.63, 3.8) is 0 Å². The maximum Gasteiger partial charge on any atom is 0.238 e. The van der Waals surface area contributed by atoms with Gasteiger partial charge in [-0.05, 0) is 12.8 Å². The summed E-state index contributed by atoms with van der Waals surface area (Å²) in [5.41, 5.74) is 2.77. The topological polar surface area (TPSA) is 58.1 Å². The van der Waals surface area contributed by atoms with Gasteiger partial charge in [0.25, 0.3) is 0 Å². The van der Waals surface area contributed by atoms with Crippen molar-refractivity contribution in [1.82, 2.24) is 15.6 Å². The first-order chi connectivity index (χ1) is 6.79. The highest BCUT2D eigenvalue weighted by Crippen LogP contribution is 2.20. The number of aryl methyl sites for hydroxylation is 1.